The van der Waals surface area contributed by atoms with Crippen molar-refractivity contribution in [1.82, 2.24) is 25.0 Å². The van der Waals surface area contributed by atoms with Crippen molar-refractivity contribution in [3.63, 3.8) is 0 Å². The molecule has 2 aromatic rings. The smallest absolute Gasteiger partial charge is 0.223 e. The van der Waals surface area contributed by atoms with Crippen LogP contribution in [0.3, 0.4) is 0 Å². The molecule has 1 N–H and O–H groups in total. The zero-order chi connectivity index (χ0) is 22.9. The van der Waals surface area contributed by atoms with E-state index in [1.807, 2.05) is 0 Å². The van der Waals surface area contributed by atoms with Gasteiger partial charge in [0.1, 0.15) is 11.6 Å². The molecule has 4 heterocycles. The number of nitrogens with zero attached hydrogens (tertiary/aromatic N) is 4. The molecular weight excluding hydrogens is 430 g/mol. The Hall–Kier alpha value is -1.73. The van der Waals surface area contributed by atoms with E-state index < -0.39 is 0 Å². The maximum absolute atomic E-state index is 12.9. The van der Waals surface area contributed by atoms with E-state index in [1.54, 1.807) is 11.3 Å². The molecule has 0 aromatic carbocycles. The molecule has 33 heavy (non-hydrogen) atoms. The number of rotatable bonds is 8. The topological polar surface area (TPSA) is 63.1 Å². The normalized spacial score (nSPS) is 26.8. The Kier molecular flexibility index (Phi) is 6.89. The number of piperidine rings is 1. The number of hydrogen-bond acceptors (Lipinski definition) is 5. The van der Waals surface area contributed by atoms with Crippen LogP contribution in [0.15, 0.2) is 16.8 Å². The molecule has 1 amide bonds. The van der Waals surface area contributed by atoms with E-state index in [9.17, 15) is 4.79 Å². The highest BCUT2D eigenvalue weighted by Crippen LogP contribution is 2.42. The van der Waals surface area contributed by atoms with Gasteiger partial charge in [0.2, 0.25) is 5.91 Å². The Morgan fingerprint density at radius 3 is 2.48 bits per heavy atom. The van der Waals surface area contributed by atoms with Gasteiger partial charge in [-0.15, -0.1) is 10.2 Å². The van der Waals surface area contributed by atoms with E-state index in [1.165, 1.54) is 44.1 Å². The zero-order valence-corrected chi connectivity index (χ0v) is 21.2. The molecule has 1 saturated carbocycles. The summed E-state index contributed by atoms with van der Waals surface area (Å²) in [6, 6.07) is 4.09. The summed E-state index contributed by atoms with van der Waals surface area (Å²) in [5.41, 5.74) is 1.27. The van der Waals surface area contributed by atoms with Crippen LogP contribution in [-0.4, -0.2) is 44.2 Å². The predicted octanol–water partition coefficient (Wildman–Crippen LogP) is 5.38. The summed E-state index contributed by atoms with van der Waals surface area (Å²) in [5, 5.41) is 16.7. The van der Waals surface area contributed by atoms with Gasteiger partial charge in [-0.3, -0.25) is 9.69 Å². The lowest BCUT2D eigenvalue weighted by Gasteiger charge is -2.40. The van der Waals surface area contributed by atoms with E-state index in [2.05, 4.69) is 62.6 Å². The molecule has 2 aromatic heterocycles. The summed E-state index contributed by atoms with van der Waals surface area (Å²) >= 11 is 1.73. The minimum atomic E-state index is 0.133. The number of thiophene rings is 1. The van der Waals surface area contributed by atoms with Crippen LogP contribution in [0.1, 0.15) is 107 Å². The predicted molar refractivity (Wildman–Crippen MR) is 132 cm³/mol. The fraction of sp³-hybridized carbons (Fsp3) is 0.731. The Balaban J connectivity index is 1.24. The van der Waals surface area contributed by atoms with Crippen molar-refractivity contribution >= 4 is 17.2 Å². The highest BCUT2D eigenvalue weighted by molar-refractivity contribution is 7.08. The lowest BCUT2D eigenvalue weighted by Crippen LogP contribution is -2.45. The van der Waals surface area contributed by atoms with E-state index in [4.69, 9.17) is 0 Å². The first-order valence-electron chi connectivity index (χ1n) is 13.0. The summed E-state index contributed by atoms with van der Waals surface area (Å²) in [6.45, 7) is 7.60. The number of amides is 1. The summed E-state index contributed by atoms with van der Waals surface area (Å²) in [6.07, 6.45) is 10.5. The summed E-state index contributed by atoms with van der Waals surface area (Å²) in [7, 11) is 0. The SMILES string of the molecule is Cc1nnc(C(C)C)n1C1CC2CCC(C1)N2CC[C@H](NC(=O)C1CCCC1)c1ccsc1. The fourth-order valence-electron chi connectivity index (χ4n) is 6.60. The maximum Gasteiger partial charge on any atom is 0.223 e. The first-order valence-corrected chi connectivity index (χ1v) is 13.9. The van der Waals surface area contributed by atoms with E-state index in [0.717, 1.165) is 37.5 Å². The molecule has 0 radical (unpaired) electrons. The van der Waals surface area contributed by atoms with Crippen LogP contribution in [-0.2, 0) is 4.79 Å². The molecule has 180 valence electrons. The van der Waals surface area contributed by atoms with Gasteiger partial charge in [0.05, 0.1) is 6.04 Å². The number of nitrogens with one attached hydrogen (secondary N) is 1. The van der Waals surface area contributed by atoms with Crippen LogP contribution >= 0.6 is 11.3 Å². The second-order valence-corrected chi connectivity index (χ2v) is 11.5. The van der Waals surface area contributed by atoms with Gasteiger partial charge in [0.15, 0.2) is 0 Å². The third kappa shape index (κ3) is 4.76. The van der Waals surface area contributed by atoms with Crippen molar-refractivity contribution in [3.8, 4) is 0 Å². The molecule has 5 rings (SSSR count). The van der Waals surface area contributed by atoms with Crippen molar-refractivity contribution in [2.45, 2.75) is 109 Å². The molecular formula is C26H39N5OS. The monoisotopic (exact) mass is 469 g/mol. The van der Waals surface area contributed by atoms with Gasteiger partial charge >= 0.3 is 0 Å². The lowest BCUT2D eigenvalue weighted by molar-refractivity contribution is -0.125. The molecule has 3 fully saturated rings. The molecule has 6 nitrogen and oxygen atoms in total. The van der Waals surface area contributed by atoms with Gasteiger partial charge in [0, 0.05) is 36.5 Å². The lowest BCUT2D eigenvalue weighted by atomic mass is 9.95. The second-order valence-electron chi connectivity index (χ2n) is 10.8. The number of aryl methyl sites for hydroxylation is 1. The van der Waals surface area contributed by atoms with Crippen molar-refractivity contribution in [3.05, 3.63) is 34.0 Å². The second kappa shape index (κ2) is 9.87. The first-order chi connectivity index (χ1) is 16.0. The van der Waals surface area contributed by atoms with Gasteiger partial charge < -0.3 is 9.88 Å². The minimum Gasteiger partial charge on any atom is -0.349 e. The maximum atomic E-state index is 12.9. The van der Waals surface area contributed by atoms with Crippen molar-refractivity contribution in [1.29, 1.82) is 0 Å². The molecule has 2 saturated heterocycles. The van der Waals surface area contributed by atoms with Crippen molar-refractivity contribution in [2.75, 3.05) is 6.54 Å². The highest BCUT2D eigenvalue weighted by atomic mass is 32.1. The molecule has 2 unspecified atom stereocenters. The zero-order valence-electron chi connectivity index (χ0n) is 20.4. The third-order valence-electron chi connectivity index (χ3n) is 8.30. The quantitative estimate of drug-likeness (QED) is 0.564. The van der Waals surface area contributed by atoms with Gasteiger partial charge in [-0.2, -0.15) is 11.3 Å². The van der Waals surface area contributed by atoms with E-state index in [-0.39, 0.29) is 17.9 Å². The first kappa shape index (κ1) is 23.0. The number of carbonyl (C=O) groups excluding carboxylic acids is 1. The standard InChI is InChI=1S/C26H39N5OS/c1-17(2)25-29-28-18(3)31(25)23-14-21-8-9-22(15-23)30(21)12-10-24(20-11-13-33-16-20)27-26(32)19-6-4-5-7-19/h11,13,16-17,19,21-24H,4-10,12,14-15H2,1-3H3,(H,27,32)/t21?,22?,23?,24-/m0/s1. The van der Waals surface area contributed by atoms with Gasteiger partial charge in [0.25, 0.3) is 0 Å². The summed E-state index contributed by atoms with van der Waals surface area (Å²) in [5.74, 6) is 3.09. The van der Waals surface area contributed by atoms with Crippen LogP contribution in [0.25, 0.3) is 0 Å². The Morgan fingerprint density at radius 2 is 1.85 bits per heavy atom. The molecule has 3 aliphatic rings. The highest BCUT2D eigenvalue weighted by Gasteiger charge is 2.42. The van der Waals surface area contributed by atoms with Crippen LogP contribution in [0, 0.1) is 12.8 Å². The van der Waals surface area contributed by atoms with Crippen molar-refractivity contribution in [2.24, 2.45) is 5.92 Å². The molecule has 2 aliphatic heterocycles. The number of aromatic nitrogens is 3. The van der Waals surface area contributed by atoms with Gasteiger partial charge in [-0.1, -0.05) is 26.7 Å². The van der Waals surface area contributed by atoms with Gasteiger partial charge in [-0.25, -0.2) is 0 Å². The number of hydrogen-bond donors (Lipinski definition) is 1. The largest absolute Gasteiger partial charge is 0.349 e. The average Bonchev–Trinajstić information content (AvgIpc) is 3.59. The molecule has 1 aliphatic carbocycles. The van der Waals surface area contributed by atoms with E-state index >= 15 is 0 Å². The number of fused-ring (bicyclic) bond motifs is 2. The van der Waals surface area contributed by atoms with Crippen LogP contribution in [0.2, 0.25) is 0 Å². The molecule has 3 atom stereocenters. The summed E-state index contributed by atoms with van der Waals surface area (Å²) < 4.78 is 2.43. The molecule has 2 bridgehead atoms. The van der Waals surface area contributed by atoms with Crippen LogP contribution in [0.4, 0.5) is 0 Å². The fourth-order valence-corrected chi connectivity index (χ4v) is 7.32. The minimum absolute atomic E-state index is 0.133. The Morgan fingerprint density at radius 1 is 1.12 bits per heavy atom. The van der Waals surface area contributed by atoms with E-state index in [0.29, 0.717) is 24.0 Å². The molecule has 0 spiro atoms. The third-order valence-corrected chi connectivity index (χ3v) is 9.00. The Bertz CT molecular complexity index is 919. The van der Waals surface area contributed by atoms with Crippen LogP contribution in [0.5, 0.6) is 0 Å². The Labute approximate surface area is 202 Å². The average molecular weight is 470 g/mol. The van der Waals surface area contributed by atoms with Gasteiger partial charge in [-0.05, 0) is 74.3 Å². The van der Waals surface area contributed by atoms with Crippen LogP contribution < -0.4 is 5.32 Å². The summed E-state index contributed by atoms with van der Waals surface area (Å²) in [4.78, 5) is 15.7. The molecule has 7 heteroatoms. The number of carbonyl (C=O) groups is 1. The van der Waals surface area contributed by atoms with Crippen molar-refractivity contribution < 1.29 is 4.79 Å².